The fourth-order valence-electron chi connectivity index (χ4n) is 2.63. The van der Waals surface area contributed by atoms with Gasteiger partial charge in [0.1, 0.15) is 0 Å². The van der Waals surface area contributed by atoms with Gasteiger partial charge in [-0.05, 0) is 31.6 Å². The van der Waals surface area contributed by atoms with Crippen LogP contribution in [0.15, 0.2) is 4.52 Å². The largest absolute Gasteiger partial charge is 0.339 e. The van der Waals surface area contributed by atoms with Crippen LogP contribution in [-0.2, 0) is 11.2 Å². The molecule has 0 aromatic carbocycles. The highest BCUT2D eigenvalue weighted by Gasteiger charge is 2.39. The molecule has 0 aliphatic heterocycles. The summed E-state index contributed by atoms with van der Waals surface area (Å²) in [5.41, 5.74) is 5.96. The van der Waals surface area contributed by atoms with Crippen LogP contribution in [0.1, 0.15) is 65.1 Å². The first kappa shape index (κ1) is 15.8. The molecule has 1 saturated carbocycles. The standard InChI is InChI=1S/C15H27N3OS/c1-11-5-7-15(10-16,8-6-11)13-17-12(18-19-13)9-20-14(2,3)4/h11H,5-10,16H2,1-4H3. The molecule has 20 heavy (non-hydrogen) atoms. The smallest absolute Gasteiger partial charge is 0.234 e. The van der Waals surface area contributed by atoms with Gasteiger partial charge in [-0.15, -0.1) is 11.8 Å². The highest BCUT2D eigenvalue weighted by atomic mass is 32.2. The average Bonchev–Trinajstić information content (AvgIpc) is 2.86. The van der Waals surface area contributed by atoms with E-state index in [0.717, 1.165) is 36.2 Å². The molecule has 0 bridgehead atoms. The van der Waals surface area contributed by atoms with Crippen LogP contribution >= 0.6 is 11.8 Å². The Morgan fingerprint density at radius 3 is 2.55 bits per heavy atom. The molecule has 1 aliphatic rings. The molecule has 0 unspecified atom stereocenters. The van der Waals surface area contributed by atoms with Crippen molar-refractivity contribution in [1.29, 1.82) is 0 Å². The molecule has 4 nitrogen and oxygen atoms in total. The van der Waals surface area contributed by atoms with E-state index in [1.165, 1.54) is 12.8 Å². The van der Waals surface area contributed by atoms with Gasteiger partial charge in [0.2, 0.25) is 5.89 Å². The van der Waals surface area contributed by atoms with E-state index >= 15 is 0 Å². The molecule has 5 heteroatoms. The molecule has 1 aromatic heterocycles. The summed E-state index contributed by atoms with van der Waals surface area (Å²) >= 11 is 1.84. The van der Waals surface area contributed by atoms with E-state index in [4.69, 9.17) is 10.3 Å². The van der Waals surface area contributed by atoms with Crippen LogP contribution in [0.4, 0.5) is 0 Å². The molecule has 0 amide bonds. The zero-order valence-electron chi connectivity index (χ0n) is 13.1. The van der Waals surface area contributed by atoms with Crippen molar-refractivity contribution in [2.24, 2.45) is 11.7 Å². The fraction of sp³-hybridized carbons (Fsp3) is 0.867. The monoisotopic (exact) mass is 297 g/mol. The summed E-state index contributed by atoms with van der Waals surface area (Å²) in [6.07, 6.45) is 4.54. The van der Waals surface area contributed by atoms with Crippen LogP contribution < -0.4 is 5.73 Å². The summed E-state index contributed by atoms with van der Waals surface area (Å²) in [5, 5.41) is 4.14. The van der Waals surface area contributed by atoms with Gasteiger partial charge in [0.05, 0.1) is 11.2 Å². The van der Waals surface area contributed by atoms with E-state index in [0.29, 0.717) is 6.54 Å². The van der Waals surface area contributed by atoms with E-state index in [9.17, 15) is 0 Å². The lowest BCUT2D eigenvalue weighted by atomic mass is 9.71. The molecule has 0 saturated heterocycles. The van der Waals surface area contributed by atoms with E-state index in [-0.39, 0.29) is 10.2 Å². The number of hydrogen-bond acceptors (Lipinski definition) is 5. The fourth-order valence-corrected chi connectivity index (χ4v) is 3.31. The number of thioether (sulfide) groups is 1. The molecule has 0 spiro atoms. The van der Waals surface area contributed by atoms with Crippen molar-refractivity contribution in [3.8, 4) is 0 Å². The summed E-state index contributed by atoms with van der Waals surface area (Å²) in [6.45, 7) is 9.50. The molecule has 1 heterocycles. The minimum absolute atomic E-state index is 0.0792. The van der Waals surface area contributed by atoms with E-state index in [1.54, 1.807) is 0 Å². The van der Waals surface area contributed by atoms with Gasteiger partial charge in [0.15, 0.2) is 5.82 Å². The lowest BCUT2D eigenvalue weighted by Gasteiger charge is -2.35. The van der Waals surface area contributed by atoms with Crippen LogP contribution in [0, 0.1) is 5.92 Å². The Balaban J connectivity index is 2.06. The molecular weight excluding hydrogens is 270 g/mol. The lowest BCUT2D eigenvalue weighted by molar-refractivity contribution is 0.191. The van der Waals surface area contributed by atoms with Crippen molar-refractivity contribution < 1.29 is 4.52 Å². The Bertz CT molecular complexity index is 431. The molecule has 1 aliphatic carbocycles. The average molecular weight is 297 g/mol. The van der Waals surface area contributed by atoms with Crippen molar-refractivity contribution in [1.82, 2.24) is 10.1 Å². The van der Waals surface area contributed by atoms with Crippen molar-refractivity contribution in [2.75, 3.05) is 6.54 Å². The van der Waals surface area contributed by atoms with Gasteiger partial charge in [-0.25, -0.2) is 0 Å². The van der Waals surface area contributed by atoms with E-state index in [1.807, 2.05) is 11.8 Å². The summed E-state index contributed by atoms with van der Waals surface area (Å²) in [5.74, 6) is 3.14. The number of rotatable bonds is 4. The number of nitrogens with zero attached hydrogens (tertiary/aromatic N) is 2. The normalized spacial score (nSPS) is 27.8. The SMILES string of the molecule is CC1CCC(CN)(c2nc(CSC(C)(C)C)no2)CC1. The zero-order valence-corrected chi connectivity index (χ0v) is 13.9. The summed E-state index contributed by atoms with van der Waals surface area (Å²) < 4.78 is 5.76. The second-order valence-corrected chi connectivity index (χ2v) is 8.89. The van der Waals surface area contributed by atoms with Gasteiger partial charge < -0.3 is 10.3 Å². The molecule has 2 rings (SSSR count). The Morgan fingerprint density at radius 1 is 1.35 bits per heavy atom. The molecule has 114 valence electrons. The van der Waals surface area contributed by atoms with Gasteiger partial charge in [-0.1, -0.05) is 32.9 Å². The predicted octanol–water partition coefficient (Wildman–Crippen LogP) is 3.51. The van der Waals surface area contributed by atoms with E-state index in [2.05, 4.69) is 37.8 Å². The van der Waals surface area contributed by atoms with Crippen LogP contribution in [0.5, 0.6) is 0 Å². The predicted molar refractivity (Wildman–Crippen MR) is 83.7 cm³/mol. The molecule has 0 radical (unpaired) electrons. The Labute approximate surface area is 126 Å². The summed E-state index contributed by atoms with van der Waals surface area (Å²) in [4.78, 5) is 4.63. The first-order chi connectivity index (χ1) is 9.35. The minimum Gasteiger partial charge on any atom is -0.339 e. The van der Waals surface area contributed by atoms with Crippen molar-refractivity contribution in [2.45, 2.75) is 69.3 Å². The lowest BCUT2D eigenvalue weighted by Crippen LogP contribution is -2.39. The molecule has 2 N–H and O–H groups in total. The van der Waals surface area contributed by atoms with Crippen LogP contribution in [0.25, 0.3) is 0 Å². The number of nitrogens with two attached hydrogens (primary N) is 1. The first-order valence-electron chi connectivity index (χ1n) is 7.52. The third kappa shape index (κ3) is 3.76. The maximum Gasteiger partial charge on any atom is 0.234 e. The Morgan fingerprint density at radius 2 is 2.00 bits per heavy atom. The van der Waals surface area contributed by atoms with Gasteiger partial charge >= 0.3 is 0 Å². The molecule has 1 aromatic rings. The minimum atomic E-state index is -0.0792. The Hall–Kier alpha value is -0.550. The second-order valence-electron chi connectivity index (χ2n) is 7.08. The quantitative estimate of drug-likeness (QED) is 0.921. The summed E-state index contributed by atoms with van der Waals surface area (Å²) in [7, 11) is 0. The third-order valence-corrected chi connectivity index (χ3v) is 5.45. The number of hydrogen-bond donors (Lipinski definition) is 1. The van der Waals surface area contributed by atoms with Gasteiger partial charge in [-0.2, -0.15) is 4.98 Å². The van der Waals surface area contributed by atoms with Crippen LogP contribution in [0.2, 0.25) is 0 Å². The van der Waals surface area contributed by atoms with Crippen molar-refractivity contribution in [3.05, 3.63) is 11.7 Å². The van der Waals surface area contributed by atoms with Gasteiger partial charge in [0.25, 0.3) is 0 Å². The van der Waals surface area contributed by atoms with Crippen molar-refractivity contribution >= 4 is 11.8 Å². The van der Waals surface area contributed by atoms with Crippen LogP contribution in [0.3, 0.4) is 0 Å². The van der Waals surface area contributed by atoms with E-state index < -0.39 is 0 Å². The first-order valence-corrected chi connectivity index (χ1v) is 8.50. The van der Waals surface area contributed by atoms with Crippen LogP contribution in [-0.4, -0.2) is 21.4 Å². The topological polar surface area (TPSA) is 64.9 Å². The number of aromatic nitrogens is 2. The highest BCUT2D eigenvalue weighted by Crippen LogP contribution is 2.40. The third-order valence-electron chi connectivity index (χ3n) is 4.18. The highest BCUT2D eigenvalue weighted by molar-refractivity contribution is 7.99. The second kappa shape index (κ2) is 6.06. The maximum atomic E-state index is 6.04. The van der Waals surface area contributed by atoms with Gasteiger partial charge in [0, 0.05) is 11.3 Å². The zero-order chi connectivity index (χ0) is 14.8. The summed E-state index contributed by atoms with van der Waals surface area (Å²) in [6, 6.07) is 0. The van der Waals surface area contributed by atoms with Crippen molar-refractivity contribution in [3.63, 3.8) is 0 Å². The Kier molecular flexibility index (Phi) is 4.80. The maximum absolute atomic E-state index is 6.04. The molecular formula is C15H27N3OS. The van der Waals surface area contributed by atoms with Gasteiger partial charge in [-0.3, -0.25) is 0 Å². The molecule has 0 atom stereocenters. The molecule has 1 fully saturated rings.